The summed E-state index contributed by atoms with van der Waals surface area (Å²) in [5.74, 6) is 0. The van der Waals surface area contributed by atoms with E-state index >= 15 is 0 Å². The molecule has 0 aliphatic heterocycles. The van der Waals surface area contributed by atoms with E-state index in [9.17, 15) is 13.2 Å². The Morgan fingerprint density at radius 2 is 1.81 bits per heavy atom. The fraction of sp³-hybridized carbons (Fsp3) is 0.211. The number of benzene rings is 2. The number of carbonyl (C=O) groups excluding carboxylic acids is 1. The lowest BCUT2D eigenvalue weighted by atomic mass is 10.2. The molecule has 3 rings (SSSR count). The predicted molar refractivity (Wildman–Crippen MR) is 103 cm³/mol. The molecule has 1 amide bonds. The standard InChI is InChI=1S/C19H21N3O4S/c1-21(12-13-23)27(25,26)17-8-6-15(7-9-17)14-20-19(24)22-11-10-16-4-2-3-5-18(16)22/h2-11,23H,12-14H2,1H3,(H,20,24). The van der Waals surface area contributed by atoms with Crippen LogP contribution in [0.3, 0.4) is 0 Å². The summed E-state index contributed by atoms with van der Waals surface area (Å²) in [6.45, 7) is 0.0665. The molecule has 142 valence electrons. The minimum atomic E-state index is -3.63. The molecule has 1 aromatic heterocycles. The third kappa shape index (κ3) is 4.02. The number of para-hydroxylation sites is 1. The highest BCUT2D eigenvalue weighted by Crippen LogP contribution is 2.16. The van der Waals surface area contributed by atoms with Gasteiger partial charge in [-0.3, -0.25) is 4.57 Å². The van der Waals surface area contributed by atoms with Crippen molar-refractivity contribution in [3.8, 4) is 0 Å². The van der Waals surface area contributed by atoms with Crippen LogP contribution in [-0.4, -0.2) is 48.6 Å². The Labute approximate surface area is 157 Å². The molecule has 0 aliphatic carbocycles. The first-order valence-electron chi connectivity index (χ1n) is 8.44. The molecule has 8 heteroatoms. The summed E-state index contributed by atoms with van der Waals surface area (Å²) in [5, 5.41) is 12.7. The first-order valence-corrected chi connectivity index (χ1v) is 9.88. The van der Waals surface area contributed by atoms with E-state index in [1.807, 2.05) is 30.3 Å². The lowest BCUT2D eigenvalue weighted by Crippen LogP contribution is -2.29. The Balaban J connectivity index is 1.68. The smallest absolute Gasteiger partial charge is 0.326 e. The van der Waals surface area contributed by atoms with E-state index in [-0.39, 0.29) is 30.6 Å². The molecule has 1 heterocycles. The molecule has 0 bridgehead atoms. The first-order chi connectivity index (χ1) is 12.9. The summed E-state index contributed by atoms with van der Waals surface area (Å²) >= 11 is 0. The van der Waals surface area contributed by atoms with E-state index in [1.54, 1.807) is 18.3 Å². The van der Waals surface area contributed by atoms with Crippen molar-refractivity contribution in [2.75, 3.05) is 20.2 Å². The zero-order valence-electron chi connectivity index (χ0n) is 14.9. The molecule has 27 heavy (non-hydrogen) atoms. The van der Waals surface area contributed by atoms with Crippen LogP contribution in [0, 0.1) is 0 Å². The number of fused-ring (bicyclic) bond motifs is 1. The quantitative estimate of drug-likeness (QED) is 0.677. The zero-order chi connectivity index (χ0) is 19.4. The number of aromatic nitrogens is 1. The molecule has 0 radical (unpaired) electrons. The van der Waals surface area contributed by atoms with Gasteiger partial charge < -0.3 is 10.4 Å². The predicted octanol–water partition coefficient (Wildman–Crippen LogP) is 2.01. The summed E-state index contributed by atoms with van der Waals surface area (Å²) in [7, 11) is -2.21. The summed E-state index contributed by atoms with van der Waals surface area (Å²) in [6, 6.07) is 15.5. The Hall–Kier alpha value is -2.68. The Bertz CT molecular complexity index is 1040. The molecular formula is C19H21N3O4S. The Kier molecular flexibility index (Phi) is 5.59. The topological polar surface area (TPSA) is 91.6 Å². The number of sulfonamides is 1. The number of likely N-dealkylation sites (N-methyl/N-ethyl adjacent to an activating group) is 1. The van der Waals surface area contributed by atoms with E-state index in [0.717, 1.165) is 20.8 Å². The van der Waals surface area contributed by atoms with Gasteiger partial charge in [0, 0.05) is 31.7 Å². The summed E-state index contributed by atoms with van der Waals surface area (Å²) in [6.07, 6.45) is 1.71. The van der Waals surface area contributed by atoms with E-state index < -0.39 is 10.0 Å². The van der Waals surface area contributed by atoms with Crippen molar-refractivity contribution in [3.05, 3.63) is 66.4 Å². The van der Waals surface area contributed by atoms with Gasteiger partial charge in [0.2, 0.25) is 10.0 Å². The molecule has 2 aromatic carbocycles. The lowest BCUT2D eigenvalue weighted by Gasteiger charge is -2.16. The van der Waals surface area contributed by atoms with Crippen LogP contribution >= 0.6 is 0 Å². The van der Waals surface area contributed by atoms with Crippen LogP contribution in [0.2, 0.25) is 0 Å². The van der Waals surface area contributed by atoms with Gasteiger partial charge in [-0.25, -0.2) is 13.2 Å². The summed E-state index contributed by atoms with van der Waals surface area (Å²) in [5.41, 5.74) is 1.60. The first kappa shape index (κ1) is 19.1. The van der Waals surface area contributed by atoms with Crippen molar-refractivity contribution in [1.82, 2.24) is 14.2 Å². The van der Waals surface area contributed by atoms with Gasteiger partial charge >= 0.3 is 6.03 Å². The zero-order valence-corrected chi connectivity index (χ0v) is 15.7. The molecule has 0 fully saturated rings. The highest BCUT2D eigenvalue weighted by molar-refractivity contribution is 7.89. The van der Waals surface area contributed by atoms with Crippen LogP contribution in [0.5, 0.6) is 0 Å². The van der Waals surface area contributed by atoms with Crippen LogP contribution in [0.1, 0.15) is 5.56 Å². The largest absolute Gasteiger partial charge is 0.395 e. The molecule has 0 saturated heterocycles. The number of carbonyl (C=O) groups is 1. The number of hydrogen-bond donors (Lipinski definition) is 2. The Morgan fingerprint density at radius 3 is 2.52 bits per heavy atom. The molecule has 3 aromatic rings. The van der Waals surface area contributed by atoms with Crippen LogP contribution in [-0.2, 0) is 16.6 Å². The number of aliphatic hydroxyl groups is 1. The second-order valence-corrected chi connectivity index (χ2v) is 8.14. The van der Waals surface area contributed by atoms with Gasteiger partial charge in [0.15, 0.2) is 0 Å². The number of nitrogens with one attached hydrogen (secondary N) is 1. The Morgan fingerprint density at radius 1 is 1.11 bits per heavy atom. The number of rotatable bonds is 6. The second-order valence-electron chi connectivity index (χ2n) is 6.10. The molecule has 2 N–H and O–H groups in total. The number of hydrogen-bond acceptors (Lipinski definition) is 4. The van der Waals surface area contributed by atoms with Crippen molar-refractivity contribution >= 4 is 27.0 Å². The number of nitrogens with zero attached hydrogens (tertiary/aromatic N) is 2. The van der Waals surface area contributed by atoms with Gasteiger partial charge in [0.05, 0.1) is 17.0 Å². The SMILES string of the molecule is CN(CCO)S(=O)(=O)c1ccc(CNC(=O)n2ccc3ccccc32)cc1. The van der Waals surface area contributed by atoms with Crippen LogP contribution < -0.4 is 5.32 Å². The van der Waals surface area contributed by atoms with Crippen LogP contribution in [0.15, 0.2) is 65.7 Å². The molecule has 0 atom stereocenters. The van der Waals surface area contributed by atoms with Gasteiger partial charge in [-0.1, -0.05) is 30.3 Å². The van der Waals surface area contributed by atoms with E-state index in [0.29, 0.717) is 0 Å². The number of aliphatic hydroxyl groups excluding tert-OH is 1. The third-order valence-electron chi connectivity index (χ3n) is 4.31. The van der Waals surface area contributed by atoms with E-state index in [2.05, 4.69) is 5.32 Å². The van der Waals surface area contributed by atoms with Crippen LogP contribution in [0.4, 0.5) is 4.79 Å². The van der Waals surface area contributed by atoms with Crippen molar-refractivity contribution in [2.45, 2.75) is 11.4 Å². The van der Waals surface area contributed by atoms with Crippen molar-refractivity contribution in [1.29, 1.82) is 0 Å². The summed E-state index contributed by atoms with van der Waals surface area (Å²) in [4.78, 5) is 12.5. The second kappa shape index (κ2) is 7.91. The van der Waals surface area contributed by atoms with E-state index in [1.165, 1.54) is 23.7 Å². The monoisotopic (exact) mass is 387 g/mol. The minimum Gasteiger partial charge on any atom is -0.395 e. The molecule has 0 unspecified atom stereocenters. The average molecular weight is 387 g/mol. The molecular weight excluding hydrogens is 366 g/mol. The highest BCUT2D eigenvalue weighted by Gasteiger charge is 2.19. The van der Waals surface area contributed by atoms with Gasteiger partial charge in [-0.15, -0.1) is 0 Å². The van der Waals surface area contributed by atoms with Crippen molar-refractivity contribution in [2.24, 2.45) is 0 Å². The normalized spacial score (nSPS) is 11.8. The van der Waals surface area contributed by atoms with Crippen molar-refractivity contribution < 1.29 is 18.3 Å². The molecule has 7 nitrogen and oxygen atoms in total. The molecule has 0 spiro atoms. The van der Waals surface area contributed by atoms with E-state index in [4.69, 9.17) is 5.11 Å². The lowest BCUT2D eigenvalue weighted by molar-refractivity contribution is 0.243. The average Bonchev–Trinajstić information content (AvgIpc) is 3.11. The van der Waals surface area contributed by atoms with Gasteiger partial charge in [-0.2, -0.15) is 4.31 Å². The molecule has 0 aliphatic rings. The third-order valence-corrected chi connectivity index (χ3v) is 6.18. The molecule has 0 saturated carbocycles. The van der Waals surface area contributed by atoms with Gasteiger partial charge in [0.25, 0.3) is 0 Å². The maximum Gasteiger partial charge on any atom is 0.326 e. The van der Waals surface area contributed by atoms with Gasteiger partial charge in [0.1, 0.15) is 0 Å². The van der Waals surface area contributed by atoms with Gasteiger partial charge in [-0.05, 0) is 29.8 Å². The highest BCUT2D eigenvalue weighted by atomic mass is 32.2. The van der Waals surface area contributed by atoms with Crippen LogP contribution in [0.25, 0.3) is 10.9 Å². The number of amides is 1. The maximum absolute atomic E-state index is 12.4. The minimum absolute atomic E-state index is 0.0327. The summed E-state index contributed by atoms with van der Waals surface area (Å²) < 4.78 is 27.3. The fourth-order valence-corrected chi connectivity index (χ4v) is 3.91. The van der Waals surface area contributed by atoms with Crippen molar-refractivity contribution in [3.63, 3.8) is 0 Å². The fourth-order valence-electron chi connectivity index (χ4n) is 2.74. The maximum atomic E-state index is 12.4.